The van der Waals surface area contributed by atoms with E-state index in [9.17, 15) is 9.59 Å². The van der Waals surface area contributed by atoms with Crippen LogP contribution in [0.1, 0.15) is 13.3 Å². The van der Waals surface area contributed by atoms with Gasteiger partial charge in [-0.05, 0) is 19.1 Å². The number of rotatable bonds is 2. The molecule has 4 nitrogen and oxygen atoms in total. The molecule has 0 aromatic heterocycles. The van der Waals surface area contributed by atoms with Gasteiger partial charge in [0.2, 0.25) is 5.91 Å². The summed E-state index contributed by atoms with van der Waals surface area (Å²) in [6.07, 6.45) is 0.443. The molecule has 0 bridgehead atoms. The van der Waals surface area contributed by atoms with Crippen molar-refractivity contribution >= 4 is 23.1 Å². The highest BCUT2D eigenvalue weighted by molar-refractivity contribution is 5.98. The number of amides is 1. The number of benzene rings is 1. The number of carbonyl (C=O) groups is 2. The highest BCUT2D eigenvalue weighted by Gasteiger charge is 2.23. The van der Waals surface area contributed by atoms with Crippen molar-refractivity contribution in [2.24, 2.45) is 0 Å². The molecule has 1 aromatic rings. The Bertz CT molecular complexity index is 456. The van der Waals surface area contributed by atoms with Gasteiger partial charge in [-0.3, -0.25) is 9.59 Å². The average Bonchev–Trinajstić information content (AvgIpc) is 2.42. The van der Waals surface area contributed by atoms with Crippen LogP contribution in [0.4, 0.5) is 11.4 Å². The molecular formula is C13H16N2O2. The molecule has 1 aliphatic rings. The molecule has 1 amide bonds. The summed E-state index contributed by atoms with van der Waals surface area (Å²) in [6.45, 7) is 2.52. The number of carbonyl (C=O) groups excluding carboxylic acids is 2. The lowest BCUT2D eigenvalue weighted by atomic mass is 10.2. The van der Waals surface area contributed by atoms with Crippen LogP contribution in [0, 0.1) is 0 Å². The third kappa shape index (κ3) is 2.30. The summed E-state index contributed by atoms with van der Waals surface area (Å²) < 4.78 is 0. The first-order valence-corrected chi connectivity index (χ1v) is 5.69. The Hall–Kier alpha value is -1.84. The van der Waals surface area contributed by atoms with Crippen molar-refractivity contribution in [2.45, 2.75) is 13.3 Å². The highest BCUT2D eigenvalue weighted by atomic mass is 16.2. The Morgan fingerprint density at radius 1 is 1.29 bits per heavy atom. The first-order valence-electron chi connectivity index (χ1n) is 5.69. The van der Waals surface area contributed by atoms with Gasteiger partial charge >= 0.3 is 0 Å². The average molecular weight is 232 g/mol. The van der Waals surface area contributed by atoms with Crippen LogP contribution in [0.3, 0.4) is 0 Å². The SMILES string of the molecule is CC(=O)CN1CCC(=O)N(C)c2ccccc21. The van der Waals surface area contributed by atoms with Crippen LogP contribution < -0.4 is 9.80 Å². The maximum absolute atomic E-state index is 11.8. The molecule has 0 radical (unpaired) electrons. The normalized spacial score (nSPS) is 15.5. The molecule has 0 saturated heterocycles. The van der Waals surface area contributed by atoms with Gasteiger partial charge in [0.15, 0.2) is 0 Å². The minimum atomic E-state index is 0.0866. The smallest absolute Gasteiger partial charge is 0.228 e. The van der Waals surface area contributed by atoms with Gasteiger partial charge in [-0.15, -0.1) is 0 Å². The van der Waals surface area contributed by atoms with E-state index < -0.39 is 0 Å². The van der Waals surface area contributed by atoms with Crippen LogP contribution in [0.2, 0.25) is 0 Å². The fourth-order valence-electron chi connectivity index (χ4n) is 2.10. The minimum absolute atomic E-state index is 0.0866. The van der Waals surface area contributed by atoms with Gasteiger partial charge in [0.1, 0.15) is 5.78 Å². The molecule has 1 aromatic carbocycles. The number of fused-ring (bicyclic) bond motifs is 1. The monoisotopic (exact) mass is 232 g/mol. The van der Waals surface area contributed by atoms with E-state index in [0.29, 0.717) is 19.5 Å². The third-order valence-corrected chi connectivity index (χ3v) is 2.97. The van der Waals surface area contributed by atoms with Crippen molar-refractivity contribution in [3.05, 3.63) is 24.3 Å². The molecular weight excluding hydrogens is 216 g/mol. The summed E-state index contributed by atoms with van der Waals surface area (Å²) in [7, 11) is 1.78. The largest absolute Gasteiger partial charge is 0.362 e. The molecule has 90 valence electrons. The summed E-state index contributed by atoms with van der Waals surface area (Å²) >= 11 is 0. The third-order valence-electron chi connectivity index (χ3n) is 2.97. The Kier molecular flexibility index (Phi) is 3.13. The second kappa shape index (κ2) is 4.57. The van der Waals surface area contributed by atoms with Gasteiger partial charge in [0.05, 0.1) is 17.9 Å². The maximum Gasteiger partial charge on any atom is 0.228 e. The van der Waals surface area contributed by atoms with E-state index in [0.717, 1.165) is 11.4 Å². The van der Waals surface area contributed by atoms with Gasteiger partial charge in [0, 0.05) is 20.0 Å². The summed E-state index contributed by atoms with van der Waals surface area (Å²) in [5.41, 5.74) is 1.83. The zero-order valence-corrected chi connectivity index (χ0v) is 10.1. The van der Waals surface area contributed by atoms with Crippen LogP contribution >= 0.6 is 0 Å². The second-order valence-corrected chi connectivity index (χ2v) is 4.32. The Labute approximate surface area is 101 Å². The first-order chi connectivity index (χ1) is 8.09. The fourth-order valence-corrected chi connectivity index (χ4v) is 2.10. The van der Waals surface area contributed by atoms with Crippen molar-refractivity contribution in [2.75, 3.05) is 29.9 Å². The van der Waals surface area contributed by atoms with Gasteiger partial charge in [-0.1, -0.05) is 12.1 Å². The Balaban J connectivity index is 2.42. The lowest BCUT2D eigenvalue weighted by Gasteiger charge is -2.24. The minimum Gasteiger partial charge on any atom is -0.362 e. The zero-order chi connectivity index (χ0) is 12.4. The molecule has 1 heterocycles. The lowest BCUT2D eigenvalue weighted by Crippen LogP contribution is -2.29. The van der Waals surface area contributed by atoms with Crippen molar-refractivity contribution in [3.8, 4) is 0 Å². The molecule has 0 saturated carbocycles. The van der Waals surface area contributed by atoms with E-state index in [1.807, 2.05) is 29.2 Å². The predicted molar refractivity (Wildman–Crippen MR) is 67.4 cm³/mol. The number of anilines is 2. The van der Waals surface area contributed by atoms with Gasteiger partial charge < -0.3 is 9.80 Å². The summed E-state index contributed by atoms with van der Waals surface area (Å²) in [5, 5.41) is 0. The molecule has 0 aliphatic carbocycles. The van der Waals surface area contributed by atoms with Crippen LogP contribution in [0.15, 0.2) is 24.3 Å². The molecule has 0 spiro atoms. The van der Waals surface area contributed by atoms with Crippen LogP contribution in [-0.4, -0.2) is 31.8 Å². The predicted octanol–water partition coefficient (Wildman–Crippen LogP) is 1.45. The summed E-state index contributed by atoms with van der Waals surface area (Å²) in [6, 6.07) is 7.69. The van der Waals surface area contributed by atoms with Gasteiger partial charge in [0.25, 0.3) is 0 Å². The summed E-state index contributed by atoms with van der Waals surface area (Å²) in [4.78, 5) is 26.7. The number of Topliss-reactive ketones (excluding diaryl/α,β-unsaturated/α-hetero) is 1. The van der Waals surface area contributed by atoms with Crippen molar-refractivity contribution < 1.29 is 9.59 Å². The maximum atomic E-state index is 11.8. The van der Waals surface area contributed by atoms with E-state index in [2.05, 4.69) is 0 Å². The van der Waals surface area contributed by atoms with Crippen LogP contribution in [0.5, 0.6) is 0 Å². The van der Waals surface area contributed by atoms with Crippen molar-refractivity contribution in [1.82, 2.24) is 0 Å². The Morgan fingerprint density at radius 3 is 2.59 bits per heavy atom. The first kappa shape index (κ1) is 11.6. The van der Waals surface area contributed by atoms with E-state index >= 15 is 0 Å². The van der Waals surface area contributed by atoms with E-state index in [4.69, 9.17) is 0 Å². The number of hydrogen-bond donors (Lipinski definition) is 0. The van der Waals surface area contributed by atoms with Crippen molar-refractivity contribution in [1.29, 1.82) is 0 Å². The molecule has 17 heavy (non-hydrogen) atoms. The van der Waals surface area contributed by atoms with Gasteiger partial charge in [-0.25, -0.2) is 0 Å². The van der Waals surface area contributed by atoms with Gasteiger partial charge in [-0.2, -0.15) is 0 Å². The van der Waals surface area contributed by atoms with Crippen molar-refractivity contribution in [3.63, 3.8) is 0 Å². The lowest BCUT2D eigenvalue weighted by molar-refractivity contribution is -0.118. The molecule has 1 aliphatic heterocycles. The van der Waals surface area contributed by atoms with E-state index in [-0.39, 0.29) is 11.7 Å². The quantitative estimate of drug-likeness (QED) is 0.775. The van der Waals surface area contributed by atoms with Crippen LogP contribution in [-0.2, 0) is 9.59 Å². The highest BCUT2D eigenvalue weighted by Crippen LogP contribution is 2.31. The Morgan fingerprint density at radius 2 is 1.94 bits per heavy atom. The molecule has 4 heteroatoms. The second-order valence-electron chi connectivity index (χ2n) is 4.32. The number of hydrogen-bond acceptors (Lipinski definition) is 3. The molecule has 0 unspecified atom stereocenters. The standard InChI is InChI=1S/C13H16N2O2/c1-10(16)9-15-8-7-13(17)14(2)11-5-3-4-6-12(11)15/h3-6H,7-9H2,1-2H3. The van der Waals surface area contributed by atoms with E-state index in [1.54, 1.807) is 18.9 Å². The fraction of sp³-hybridized carbons (Fsp3) is 0.385. The molecule has 0 fully saturated rings. The zero-order valence-electron chi connectivity index (χ0n) is 10.1. The van der Waals surface area contributed by atoms with E-state index in [1.165, 1.54) is 0 Å². The topological polar surface area (TPSA) is 40.6 Å². The molecule has 2 rings (SSSR count). The number of ketones is 1. The van der Waals surface area contributed by atoms with Crippen LogP contribution in [0.25, 0.3) is 0 Å². The summed E-state index contributed by atoms with van der Waals surface area (Å²) in [5.74, 6) is 0.195. The molecule has 0 atom stereocenters. The number of nitrogens with zero attached hydrogens (tertiary/aromatic N) is 2. The molecule has 0 N–H and O–H groups in total. The number of para-hydroxylation sites is 2.